The highest BCUT2D eigenvalue weighted by Gasteiger charge is 2.33. The molecule has 2 amide bonds. The van der Waals surface area contributed by atoms with Crippen LogP contribution in [0.4, 0.5) is 24.7 Å². The monoisotopic (exact) mass is 475 g/mol. The molecule has 2 aliphatic rings. The van der Waals surface area contributed by atoms with E-state index in [0.29, 0.717) is 43.9 Å². The van der Waals surface area contributed by atoms with Crippen molar-refractivity contribution in [3.63, 3.8) is 0 Å². The number of amides is 2. The van der Waals surface area contributed by atoms with E-state index in [0.717, 1.165) is 38.0 Å². The fourth-order valence-electron chi connectivity index (χ4n) is 4.70. The molecular weight excluding hydrogens is 447 g/mol. The van der Waals surface area contributed by atoms with E-state index in [9.17, 15) is 22.8 Å². The van der Waals surface area contributed by atoms with Gasteiger partial charge in [-0.05, 0) is 56.5 Å². The second-order valence-electron chi connectivity index (χ2n) is 8.97. The first-order valence-electron chi connectivity index (χ1n) is 11.5. The summed E-state index contributed by atoms with van der Waals surface area (Å²) in [6.45, 7) is 3.23. The number of piperidine rings is 2. The maximum atomic E-state index is 13.8. The van der Waals surface area contributed by atoms with Crippen molar-refractivity contribution >= 4 is 23.3 Å². The lowest BCUT2D eigenvalue weighted by Crippen LogP contribution is -2.46. The van der Waals surface area contributed by atoms with Crippen molar-refractivity contribution < 1.29 is 22.8 Å². The number of nitrogen functional groups attached to an aromatic ring is 1. The second kappa shape index (κ2) is 10.4. The number of pyridine rings is 1. The molecule has 2 aliphatic heterocycles. The van der Waals surface area contributed by atoms with E-state index < -0.39 is 35.0 Å². The summed E-state index contributed by atoms with van der Waals surface area (Å²) in [5, 5.41) is 2.23. The van der Waals surface area contributed by atoms with Crippen LogP contribution >= 0.6 is 0 Å². The fourth-order valence-corrected chi connectivity index (χ4v) is 4.70. The first-order chi connectivity index (χ1) is 16.3. The van der Waals surface area contributed by atoms with Gasteiger partial charge in [0.25, 0.3) is 0 Å². The van der Waals surface area contributed by atoms with Crippen molar-refractivity contribution in [2.75, 3.05) is 37.2 Å². The largest absolute Gasteiger partial charge is 0.384 e. The third kappa shape index (κ3) is 5.67. The van der Waals surface area contributed by atoms with Crippen molar-refractivity contribution in [1.29, 1.82) is 0 Å². The van der Waals surface area contributed by atoms with Crippen LogP contribution in [0.1, 0.15) is 31.2 Å². The number of hydrogen-bond acceptors (Lipinski definition) is 5. The molecule has 2 fully saturated rings. The Balaban J connectivity index is 1.23. The summed E-state index contributed by atoms with van der Waals surface area (Å²) < 4.78 is 40.7. The molecule has 0 saturated carbocycles. The number of nitrogens with two attached hydrogens (primary N) is 1. The summed E-state index contributed by atoms with van der Waals surface area (Å²) >= 11 is 0. The Bertz CT molecular complexity index is 1030. The van der Waals surface area contributed by atoms with Gasteiger partial charge in [-0.25, -0.2) is 18.2 Å². The van der Waals surface area contributed by atoms with Crippen LogP contribution in [0.15, 0.2) is 30.5 Å². The number of likely N-dealkylation sites (tertiary alicyclic amines) is 2. The molecule has 3 heterocycles. The summed E-state index contributed by atoms with van der Waals surface area (Å²) in [6, 6.07) is 4.85. The van der Waals surface area contributed by atoms with Gasteiger partial charge >= 0.3 is 0 Å². The Morgan fingerprint density at radius 1 is 0.971 bits per heavy atom. The zero-order valence-corrected chi connectivity index (χ0v) is 18.8. The van der Waals surface area contributed by atoms with Crippen LogP contribution in [-0.4, -0.2) is 52.8 Å². The minimum absolute atomic E-state index is 0.0495. The first kappa shape index (κ1) is 24.0. The standard InChI is InChI=1S/C24H28F3N5O2/c25-18-12-19(26)22(20(27)13-18)30-23(33)16-4-9-32(10-5-16)24(34)17-2-7-31(8-3-17)14-15-1-6-29-21(28)11-15/h1,6,11-13,16-17H,2-5,7-10,14H2,(H2,28,29)(H,30,33). The van der Waals surface area contributed by atoms with E-state index in [-0.39, 0.29) is 11.8 Å². The van der Waals surface area contributed by atoms with Crippen LogP contribution in [0.3, 0.4) is 0 Å². The molecule has 2 saturated heterocycles. The van der Waals surface area contributed by atoms with Gasteiger partial charge in [0.2, 0.25) is 11.8 Å². The molecule has 0 bridgehead atoms. The van der Waals surface area contributed by atoms with Gasteiger partial charge in [-0.3, -0.25) is 14.5 Å². The van der Waals surface area contributed by atoms with Gasteiger partial charge in [0, 0.05) is 49.8 Å². The van der Waals surface area contributed by atoms with Crippen LogP contribution in [0, 0.1) is 29.3 Å². The lowest BCUT2D eigenvalue weighted by Gasteiger charge is -2.37. The third-order valence-corrected chi connectivity index (χ3v) is 6.62. The number of anilines is 2. The zero-order valence-electron chi connectivity index (χ0n) is 18.8. The van der Waals surface area contributed by atoms with Crippen LogP contribution in [0.2, 0.25) is 0 Å². The Morgan fingerprint density at radius 2 is 1.59 bits per heavy atom. The maximum Gasteiger partial charge on any atom is 0.227 e. The van der Waals surface area contributed by atoms with Crippen molar-refractivity contribution in [3.8, 4) is 0 Å². The average molecular weight is 476 g/mol. The number of nitrogens with zero attached hydrogens (tertiary/aromatic N) is 3. The van der Waals surface area contributed by atoms with Crippen molar-refractivity contribution in [3.05, 3.63) is 53.5 Å². The molecule has 182 valence electrons. The Morgan fingerprint density at radius 3 is 2.21 bits per heavy atom. The summed E-state index contributed by atoms with van der Waals surface area (Å²) in [5.41, 5.74) is 6.19. The number of carbonyl (C=O) groups is 2. The molecule has 3 N–H and O–H groups in total. The molecular formula is C24H28F3N5O2. The molecule has 1 aromatic heterocycles. The molecule has 0 unspecified atom stereocenters. The SMILES string of the molecule is Nc1cc(CN2CCC(C(=O)N3CCC(C(=O)Nc4c(F)cc(F)cc4F)CC3)CC2)ccn1. The van der Waals surface area contributed by atoms with Gasteiger partial charge < -0.3 is 16.0 Å². The lowest BCUT2D eigenvalue weighted by molar-refractivity contribution is -0.139. The maximum absolute atomic E-state index is 13.8. The Hall–Kier alpha value is -3.14. The molecule has 10 heteroatoms. The van der Waals surface area contributed by atoms with E-state index in [2.05, 4.69) is 15.2 Å². The first-order valence-corrected chi connectivity index (χ1v) is 11.5. The van der Waals surface area contributed by atoms with E-state index in [1.54, 1.807) is 11.1 Å². The molecule has 1 aromatic carbocycles. The topological polar surface area (TPSA) is 91.6 Å². The summed E-state index contributed by atoms with van der Waals surface area (Å²) in [7, 11) is 0. The smallest absolute Gasteiger partial charge is 0.227 e. The Labute approximate surface area is 196 Å². The molecule has 0 radical (unpaired) electrons. The van der Waals surface area contributed by atoms with Gasteiger partial charge in [-0.1, -0.05) is 0 Å². The molecule has 34 heavy (non-hydrogen) atoms. The quantitative estimate of drug-likeness (QED) is 0.693. The summed E-state index contributed by atoms with van der Waals surface area (Å²) in [4.78, 5) is 33.6. The number of halogens is 3. The van der Waals surface area contributed by atoms with Crippen LogP contribution in [-0.2, 0) is 16.1 Å². The number of carbonyl (C=O) groups excluding carboxylic acids is 2. The van der Waals surface area contributed by atoms with Crippen LogP contribution < -0.4 is 11.1 Å². The normalized spacial score (nSPS) is 18.1. The molecule has 2 aromatic rings. The van der Waals surface area contributed by atoms with Crippen molar-refractivity contribution in [2.24, 2.45) is 11.8 Å². The average Bonchev–Trinajstić information content (AvgIpc) is 2.81. The second-order valence-corrected chi connectivity index (χ2v) is 8.97. The predicted octanol–water partition coefficient (Wildman–Crippen LogP) is 3.17. The van der Waals surface area contributed by atoms with Gasteiger partial charge in [-0.2, -0.15) is 0 Å². The van der Waals surface area contributed by atoms with Crippen LogP contribution in [0.5, 0.6) is 0 Å². The van der Waals surface area contributed by atoms with E-state index in [4.69, 9.17) is 5.73 Å². The van der Waals surface area contributed by atoms with E-state index >= 15 is 0 Å². The number of benzene rings is 1. The minimum Gasteiger partial charge on any atom is -0.384 e. The van der Waals surface area contributed by atoms with Crippen molar-refractivity contribution in [1.82, 2.24) is 14.8 Å². The summed E-state index contributed by atoms with van der Waals surface area (Å²) in [5.74, 6) is -3.81. The number of nitrogens with one attached hydrogen (secondary N) is 1. The molecule has 0 spiro atoms. The van der Waals surface area contributed by atoms with Gasteiger partial charge in [0.1, 0.15) is 17.3 Å². The van der Waals surface area contributed by atoms with E-state index in [1.165, 1.54) is 0 Å². The van der Waals surface area contributed by atoms with Gasteiger partial charge in [0.15, 0.2) is 11.6 Å². The number of aromatic nitrogens is 1. The molecule has 4 rings (SSSR count). The fraction of sp³-hybridized carbons (Fsp3) is 0.458. The number of rotatable bonds is 5. The van der Waals surface area contributed by atoms with Gasteiger partial charge in [-0.15, -0.1) is 0 Å². The van der Waals surface area contributed by atoms with Crippen molar-refractivity contribution in [2.45, 2.75) is 32.2 Å². The van der Waals surface area contributed by atoms with Crippen LogP contribution in [0.25, 0.3) is 0 Å². The highest BCUT2D eigenvalue weighted by Crippen LogP contribution is 2.27. The van der Waals surface area contributed by atoms with Gasteiger partial charge in [0.05, 0.1) is 0 Å². The van der Waals surface area contributed by atoms with E-state index in [1.807, 2.05) is 12.1 Å². The highest BCUT2D eigenvalue weighted by molar-refractivity contribution is 5.93. The molecule has 0 atom stereocenters. The third-order valence-electron chi connectivity index (χ3n) is 6.62. The minimum atomic E-state index is -1.16. The zero-order chi connectivity index (χ0) is 24.2. The predicted molar refractivity (Wildman–Crippen MR) is 121 cm³/mol. The number of hydrogen-bond donors (Lipinski definition) is 2. The molecule has 0 aliphatic carbocycles. The highest BCUT2D eigenvalue weighted by atomic mass is 19.1. The lowest BCUT2D eigenvalue weighted by atomic mass is 9.91. The summed E-state index contributed by atoms with van der Waals surface area (Å²) in [6.07, 6.45) is 4.04. The Kier molecular flexibility index (Phi) is 7.35. The molecule has 7 nitrogen and oxygen atoms in total.